The fourth-order valence-corrected chi connectivity index (χ4v) is 3.37. The zero-order valence-electron chi connectivity index (χ0n) is 15.5. The van der Waals surface area contributed by atoms with E-state index in [-0.39, 0.29) is 75.1 Å². The Balaban J connectivity index is 0.00000300. The van der Waals surface area contributed by atoms with Gasteiger partial charge in [-0.05, 0) is 18.1 Å². The molecule has 2 N–H and O–H groups in total. The Kier molecular flexibility index (Phi) is 8.29. The Morgan fingerprint density at radius 3 is 2.83 bits per heavy atom. The second-order valence-electron chi connectivity index (χ2n) is 6.08. The van der Waals surface area contributed by atoms with Gasteiger partial charge in [0.2, 0.25) is 10.4 Å². The van der Waals surface area contributed by atoms with Crippen LogP contribution in [0.25, 0.3) is 0 Å². The van der Waals surface area contributed by atoms with E-state index < -0.39 is 34.4 Å². The van der Waals surface area contributed by atoms with Crippen LogP contribution in [0, 0.1) is 0 Å². The fourth-order valence-electron chi connectivity index (χ4n) is 2.99. The number of aliphatic hydroxyl groups excluding tert-OH is 1. The zero-order valence-corrected chi connectivity index (χ0v) is 18.3. The number of carbonyl (C=O) groups is 2. The van der Waals surface area contributed by atoms with Gasteiger partial charge in [0.05, 0.1) is 25.8 Å². The number of fused-ring (bicyclic) bond motifs is 2. The molecule has 156 valence electrons. The Bertz CT molecular complexity index is 836. The first-order valence-corrected chi connectivity index (χ1v) is 9.66. The minimum absolute atomic E-state index is 0. The third kappa shape index (κ3) is 6.05. The Morgan fingerprint density at radius 2 is 2.14 bits per heavy atom. The van der Waals surface area contributed by atoms with E-state index in [1.54, 1.807) is 0 Å². The summed E-state index contributed by atoms with van der Waals surface area (Å²) in [6, 6.07) is -2.37. The summed E-state index contributed by atoms with van der Waals surface area (Å²) in [5, 5.41) is 20.7. The number of carbonyl (C=O) groups excluding carboxylic acids is 2. The molecule has 2 bridgehead atoms. The molecule has 0 unspecified atom stereocenters. The maximum Gasteiger partial charge on any atom is 1.00 e. The molecule has 0 saturated carbocycles. The third-order valence-electron chi connectivity index (χ3n) is 4.19. The maximum absolute atomic E-state index is 12.3. The molecular formula is C12H18N7NaO8S. The number of tetrazole rings is 1. The Morgan fingerprint density at radius 1 is 1.38 bits per heavy atom. The van der Waals surface area contributed by atoms with Crippen LogP contribution in [0.3, 0.4) is 0 Å². The number of rotatable bonds is 9. The average molecular weight is 443 g/mol. The predicted molar refractivity (Wildman–Crippen MR) is 84.2 cm³/mol. The van der Waals surface area contributed by atoms with Crippen molar-refractivity contribution in [2.45, 2.75) is 37.9 Å². The second kappa shape index (κ2) is 10.1. The van der Waals surface area contributed by atoms with Crippen molar-refractivity contribution in [3.05, 3.63) is 5.82 Å². The number of nitrogens with one attached hydrogen (secondary N) is 1. The van der Waals surface area contributed by atoms with Crippen LogP contribution >= 0.6 is 0 Å². The van der Waals surface area contributed by atoms with Crippen molar-refractivity contribution >= 4 is 22.3 Å². The van der Waals surface area contributed by atoms with Crippen LogP contribution in [0.1, 0.15) is 18.7 Å². The van der Waals surface area contributed by atoms with Crippen LogP contribution in [-0.4, -0.2) is 92.0 Å². The van der Waals surface area contributed by atoms with E-state index in [4.69, 9.17) is 9.94 Å². The summed E-state index contributed by atoms with van der Waals surface area (Å²) in [6.45, 7) is 0.173. The number of hydroxylamine groups is 3. The summed E-state index contributed by atoms with van der Waals surface area (Å²) in [6.07, 6.45) is 0.810. The van der Waals surface area contributed by atoms with E-state index in [0.29, 0.717) is 10.9 Å². The summed E-state index contributed by atoms with van der Waals surface area (Å²) < 4.78 is 36.4. The predicted octanol–water partition coefficient (Wildman–Crippen LogP) is -6.08. The van der Waals surface area contributed by atoms with Gasteiger partial charge in [-0.2, -0.15) is 14.1 Å². The summed E-state index contributed by atoms with van der Waals surface area (Å²) in [5.41, 5.74) is 2.22. The summed E-state index contributed by atoms with van der Waals surface area (Å²) in [7, 11) is -5.09. The molecule has 17 heteroatoms. The minimum atomic E-state index is -5.09. The molecule has 29 heavy (non-hydrogen) atoms. The average Bonchev–Trinajstić information content (AvgIpc) is 3.17. The molecule has 0 aliphatic carbocycles. The van der Waals surface area contributed by atoms with Gasteiger partial charge in [-0.25, -0.2) is 18.7 Å². The summed E-state index contributed by atoms with van der Waals surface area (Å²) in [4.78, 5) is 31.9. The molecular weight excluding hydrogens is 425 g/mol. The smallest absolute Gasteiger partial charge is 0.724 e. The summed E-state index contributed by atoms with van der Waals surface area (Å²) in [5.74, 6) is -0.214. The van der Waals surface area contributed by atoms with Crippen molar-refractivity contribution in [3.8, 4) is 0 Å². The Hall–Kier alpha value is -1.40. The van der Waals surface area contributed by atoms with E-state index in [0.717, 1.165) is 4.90 Å². The number of hydrogen-bond donors (Lipinski definition) is 2. The van der Waals surface area contributed by atoms with Gasteiger partial charge in [-0.3, -0.25) is 9.63 Å². The third-order valence-corrected chi connectivity index (χ3v) is 4.54. The fraction of sp³-hybridized carbons (Fsp3) is 0.750. The van der Waals surface area contributed by atoms with Crippen LogP contribution in [0.4, 0.5) is 4.79 Å². The minimum Gasteiger partial charge on any atom is -0.724 e. The number of hydrogen-bond acceptors (Lipinski definition) is 11. The van der Waals surface area contributed by atoms with Gasteiger partial charge in [-0.1, -0.05) is 0 Å². The quantitative estimate of drug-likeness (QED) is 0.121. The largest absolute Gasteiger partial charge is 1.00 e. The molecule has 2 saturated heterocycles. The van der Waals surface area contributed by atoms with Gasteiger partial charge < -0.3 is 14.6 Å². The SMILES string of the molecule is O=C(NOCCn1nnc(CCO)n1)[C@@H]1CC[C@@H]2CN1C(=O)N2OS(=O)(=O)[O-].[Na+]. The molecule has 2 aliphatic heterocycles. The molecule has 0 radical (unpaired) electrons. The molecule has 2 atom stereocenters. The van der Waals surface area contributed by atoms with Crippen molar-refractivity contribution in [3.63, 3.8) is 0 Å². The molecule has 3 amide bonds. The molecule has 1 aromatic heterocycles. The standard InChI is InChI=1S/C12H19N7O8S.Na/c20-5-3-10-13-16-18(14-10)4-6-26-15-11(21)9-2-1-8-7-17(9)12(22)19(8)27-28(23,24)25;/h8-9,20H,1-7H2,(H,15,21)(H,23,24,25);/q;+1/p-1/t8-,9+;/m1./s1. The molecule has 3 rings (SSSR count). The van der Waals surface area contributed by atoms with Crippen molar-refractivity contribution in [1.29, 1.82) is 0 Å². The molecule has 1 aromatic rings. The zero-order chi connectivity index (χ0) is 20.3. The first-order valence-electron chi connectivity index (χ1n) is 8.33. The number of aliphatic hydroxyl groups is 1. The van der Waals surface area contributed by atoms with E-state index in [2.05, 4.69) is 25.2 Å². The van der Waals surface area contributed by atoms with E-state index in [1.807, 2.05) is 0 Å². The van der Waals surface area contributed by atoms with E-state index >= 15 is 0 Å². The van der Waals surface area contributed by atoms with Crippen molar-refractivity contribution in [2.75, 3.05) is 19.8 Å². The van der Waals surface area contributed by atoms with Gasteiger partial charge in [0.25, 0.3) is 5.91 Å². The van der Waals surface area contributed by atoms with Crippen LogP contribution in [-0.2, 0) is 37.3 Å². The van der Waals surface area contributed by atoms with Gasteiger partial charge in [-0.15, -0.1) is 10.2 Å². The Labute approximate surface area is 187 Å². The topological polar surface area (TPSA) is 192 Å². The van der Waals surface area contributed by atoms with Gasteiger partial charge in [0.1, 0.15) is 6.04 Å². The number of urea groups is 1. The molecule has 15 nitrogen and oxygen atoms in total. The van der Waals surface area contributed by atoms with Crippen LogP contribution < -0.4 is 35.0 Å². The number of amides is 3. The molecule has 0 aromatic carbocycles. The first kappa shape index (κ1) is 23.9. The summed E-state index contributed by atoms with van der Waals surface area (Å²) >= 11 is 0. The van der Waals surface area contributed by atoms with Gasteiger partial charge >= 0.3 is 35.6 Å². The van der Waals surface area contributed by atoms with Crippen LogP contribution in [0.2, 0.25) is 0 Å². The molecule has 2 aliphatic rings. The molecule has 0 spiro atoms. The first-order chi connectivity index (χ1) is 13.3. The van der Waals surface area contributed by atoms with Gasteiger partial charge in [0.15, 0.2) is 5.82 Å². The van der Waals surface area contributed by atoms with E-state index in [1.165, 1.54) is 4.80 Å². The van der Waals surface area contributed by atoms with Gasteiger partial charge in [0, 0.05) is 13.0 Å². The van der Waals surface area contributed by atoms with Crippen molar-refractivity contribution in [2.24, 2.45) is 0 Å². The van der Waals surface area contributed by atoms with Crippen molar-refractivity contribution in [1.82, 2.24) is 35.7 Å². The monoisotopic (exact) mass is 443 g/mol. The normalized spacial score (nSPS) is 21.2. The maximum atomic E-state index is 12.3. The number of piperidine rings is 1. The second-order valence-corrected chi connectivity index (χ2v) is 7.05. The van der Waals surface area contributed by atoms with Crippen molar-refractivity contribution < 1.29 is 66.3 Å². The van der Waals surface area contributed by atoms with E-state index in [9.17, 15) is 22.6 Å². The van der Waals surface area contributed by atoms with Crippen LogP contribution in [0.5, 0.6) is 0 Å². The number of nitrogens with zero attached hydrogens (tertiary/aromatic N) is 6. The number of aromatic nitrogens is 4. The molecule has 2 fully saturated rings. The van der Waals surface area contributed by atoms with Crippen LogP contribution in [0.15, 0.2) is 0 Å². The molecule has 3 heterocycles.